The van der Waals surface area contributed by atoms with Crippen molar-refractivity contribution in [1.82, 2.24) is 4.90 Å². The number of hydrogen-bond donors (Lipinski definition) is 1. The van der Waals surface area contributed by atoms with E-state index < -0.39 is 0 Å². The summed E-state index contributed by atoms with van der Waals surface area (Å²) >= 11 is 9.72. The van der Waals surface area contributed by atoms with Crippen molar-refractivity contribution in [1.29, 1.82) is 0 Å². The van der Waals surface area contributed by atoms with Crippen molar-refractivity contribution >= 4 is 50.4 Å². The summed E-state index contributed by atoms with van der Waals surface area (Å²) in [6, 6.07) is 1.96. The van der Waals surface area contributed by atoms with Crippen molar-refractivity contribution in [3.05, 3.63) is 20.3 Å². The quantitative estimate of drug-likeness (QED) is 0.861. The van der Waals surface area contributed by atoms with E-state index in [0.29, 0.717) is 16.4 Å². The zero-order chi connectivity index (χ0) is 13.2. The molecule has 3 nitrogen and oxygen atoms in total. The van der Waals surface area contributed by atoms with Gasteiger partial charge in [0.25, 0.3) is 5.91 Å². The molecular formula is C11H15BrN2OS2. The maximum absolute atomic E-state index is 12.3. The molecule has 1 rings (SSSR count). The van der Waals surface area contributed by atoms with Gasteiger partial charge in [-0.1, -0.05) is 12.2 Å². The van der Waals surface area contributed by atoms with Gasteiger partial charge in [0.2, 0.25) is 0 Å². The molecule has 0 aliphatic rings. The van der Waals surface area contributed by atoms with Crippen molar-refractivity contribution < 1.29 is 4.79 Å². The molecule has 0 radical (unpaired) electrons. The van der Waals surface area contributed by atoms with Gasteiger partial charge in [0.15, 0.2) is 0 Å². The number of thiophene rings is 1. The van der Waals surface area contributed by atoms with Gasteiger partial charge in [0.1, 0.15) is 0 Å². The Balaban J connectivity index is 2.95. The molecule has 94 valence electrons. The van der Waals surface area contributed by atoms with Crippen molar-refractivity contribution in [3.63, 3.8) is 0 Å². The first-order valence-corrected chi connectivity index (χ1v) is 7.20. The summed E-state index contributed by atoms with van der Waals surface area (Å²) in [5.41, 5.74) is 6.58. The zero-order valence-electron chi connectivity index (χ0n) is 9.99. The van der Waals surface area contributed by atoms with Gasteiger partial charge in [-0.15, -0.1) is 11.3 Å². The van der Waals surface area contributed by atoms with Gasteiger partial charge in [0, 0.05) is 6.04 Å². The van der Waals surface area contributed by atoms with E-state index in [4.69, 9.17) is 18.0 Å². The van der Waals surface area contributed by atoms with E-state index in [1.807, 2.05) is 26.8 Å². The lowest BCUT2D eigenvalue weighted by Crippen LogP contribution is -2.41. The molecular weight excluding hydrogens is 320 g/mol. The normalized spacial score (nSPS) is 10.6. The van der Waals surface area contributed by atoms with E-state index in [9.17, 15) is 4.79 Å². The first kappa shape index (κ1) is 14.6. The van der Waals surface area contributed by atoms with E-state index in [1.54, 1.807) is 4.90 Å². The predicted octanol–water partition coefficient (Wildman–Crippen LogP) is 2.96. The van der Waals surface area contributed by atoms with E-state index in [1.165, 1.54) is 11.3 Å². The average Bonchev–Trinajstić information content (AvgIpc) is 2.54. The van der Waals surface area contributed by atoms with Crippen LogP contribution in [0, 0.1) is 6.92 Å². The Kier molecular flexibility index (Phi) is 5.09. The number of nitrogens with zero attached hydrogens (tertiary/aromatic N) is 1. The molecule has 0 saturated heterocycles. The molecule has 0 atom stereocenters. The Morgan fingerprint density at radius 3 is 2.59 bits per heavy atom. The van der Waals surface area contributed by atoms with Crippen LogP contribution < -0.4 is 5.73 Å². The minimum absolute atomic E-state index is 0.0217. The van der Waals surface area contributed by atoms with Gasteiger partial charge in [-0.25, -0.2) is 0 Å². The Morgan fingerprint density at radius 1 is 1.65 bits per heavy atom. The number of carbonyl (C=O) groups is 1. The smallest absolute Gasteiger partial charge is 0.264 e. The summed E-state index contributed by atoms with van der Waals surface area (Å²) in [7, 11) is 0. The highest BCUT2D eigenvalue weighted by Gasteiger charge is 2.21. The highest BCUT2D eigenvalue weighted by Crippen LogP contribution is 2.28. The highest BCUT2D eigenvalue weighted by atomic mass is 79.9. The lowest BCUT2D eigenvalue weighted by atomic mass is 10.2. The van der Waals surface area contributed by atoms with Crippen molar-refractivity contribution in [2.24, 2.45) is 5.73 Å². The Morgan fingerprint density at radius 2 is 2.24 bits per heavy atom. The van der Waals surface area contributed by atoms with E-state index in [0.717, 1.165) is 9.35 Å². The van der Waals surface area contributed by atoms with Gasteiger partial charge in [-0.2, -0.15) is 0 Å². The second kappa shape index (κ2) is 5.93. The standard InChI is InChI=1S/C11H15BrN2OS2/c1-6(2)14(5-9(13)16)11(15)8-4-7(3)10(12)17-8/h4,6H,5H2,1-3H3,(H2,13,16). The van der Waals surface area contributed by atoms with Crippen LogP contribution in [0.5, 0.6) is 0 Å². The minimum atomic E-state index is -0.0217. The van der Waals surface area contributed by atoms with Crippen LogP contribution in [0.15, 0.2) is 9.85 Å². The molecule has 17 heavy (non-hydrogen) atoms. The van der Waals surface area contributed by atoms with E-state index in [-0.39, 0.29) is 11.9 Å². The van der Waals surface area contributed by atoms with Crippen LogP contribution in [-0.4, -0.2) is 28.4 Å². The van der Waals surface area contributed by atoms with Crippen LogP contribution in [0.4, 0.5) is 0 Å². The highest BCUT2D eigenvalue weighted by molar-refractivity contribution is 9.11. The van der Waals surface area contributed by atoms with Gasteiger partial charge < -0.3 is 10.6 Å². The summed E-state index contributed by atoms with van der Waals surface area (Å²) < 4.78 is 0.986. The molecule has 1 aromatic heterocycles. The molecule has 2 N–H and O–H groups in total. The average molecular weight is 335 g/mol. The first-order valence-electron chi connectivity index (χ1n) is 5.18. The minimum Gasteiger partial charge on any atom is -0.392 e. The van der Waals surface area contributed by atoms with Crippen LogP contribution in [0.2, 0.25) is 0 Å². The predicted molar refractivity (Wildman–Crippen MR) is 79.7 cm³/mol. The zero-order valence-corrected chi connectivity index (χ0v) is 13.2. The van der Waals surface area contributed by atoms with Gasteiger partial charge in [-0.05, 0) is 48.3 Å². The number of thiocarbonyl (C=S) groups is 1. The van der Waals surface area contributed by atoms with Crippen LogP contribution in [0.25, 0.3) is 0 Å². The summed E-state index contributed by atoms with van der Waals surface area (Å²) in [4.78, 5) is 15.0. The fourth-order valence-corrected chi connectivity index (χ4v) is 2.99. The SMILES string of the molecule is Cc1cc(C(=O)N(CC(N)=S)C(C)C)sc1Br. The number of hydrogen-bond acceptors (Lipinski definition) is 3. The Hall–Kier alpha value is -0.460. The molecule has 1 aromatic rings. The second-order valence-corrected chi connectivity index (χ2v) is 6.95. The summed E-state index contributed by atoms with van der Waals surface area (Å²) in [6.07, 6.45) is 0. The van der Waals surface area contributed by atoms with Gasteiger partial charge >= 0.3 is 0 Å². The van der Waals surface area contributed by atoms with E-state index >= 15 is 0 Å². The molecule has 6 heteroatoms. The number of carbonyl (C=O) groups excluding carboxylic acids is 1. The molecule has 0 aliphatic carbocycles. The molecule has 0 spiro atoms. The largest absolute Gasteiger partial charge is 0.392 e. The van der Waals surface area contributed by atoms with Gasteiger partial charge in [0.05, 0.1) is 20.2 Å². The lowest BCUT2D eigenvalue weighted by Gasteiger charge is -2.25. The monoisotopic (exact) mass is 334 g/mol. The molecule has 0 aliphatic heterocycles. The number of rotatable bonds is 4. The molecule has 0 unspecified atom stereocenters. The molecule has 0 aromatic carbocycles. The van der Waals surface area contributed by atoms with Gasteiger partial charge in [-0.3, -0.25) is 4.79 Å². The summed E-state index contributed by atoms with van der Waals surface area (Å²) in [5, 5.41) is 0. The molecule has 0 saturated carbocycles. The van der Waals surface area contributed by atoms with Crippen LogP contribution in [-0.2, 0) is 0 Å². The molecule has 0 bridgehead atoms. The fourth-order valence-electron chi connectivity index (χ4n) is 1.36. The number of halogens is 1. The first-order chi connectivity index (χ1) is 7.82. The number of amides is 1. The third-order valence-corrected chi connectivity index (χ3v) is 4.53. The molecule has 0 fully saturated rings. The van der Waals surface area contributed by atoms with Crippen LogP contribution in [0.1, 0.15) is 29.1 Å². The fraction of sp³-hybridized carbons (Fsp3) is 0.455. The third-order valence-electron chi connectivity index (χ3n) is 2.28. The molecule has 1 heterocycles. The van der Waals surface area contributed by atoms with Crippen molar-refractivity contribution in [2.75, 3.05) is 6.54 Å². The molecule has 1 amide bonds. The summed E-state index contributed by atoms with van der Waals surface area (Å²) in [5.74, 6) is -0.0217. The maximum atomic E-state index is 12.3. The van der Waals surface area contributed by atoms with E-state index in [2.05, 4.69) is 15.9 Å². The third kappa shape index (κ3) is 3.76. The van der Waals surface area contributed by atoms with Crippen molar-refractivity contribution in [3.8, 4) is 0 Å². The summed E-state index contributed by atoms with van der Waals surface area (Å²) in [6.45, 7) is 6.18. The topological polar surface area (TPSA) is 46.3 Å². The van der Waals surface area contributed by atoms with Crippen molar-refractivity contribution in [2.45, 2.75) is 26.8 Å². The Bertz CT molecular complexity index is 423. The van der Waals surface area contributed by atoms with Crippen LogP contribution in [0.3, 0.4) is 0 Å². The maximum Gasteiger partial charge on any atom is 0.264 e. The van der Waals surface area contributed by atoms with Crippen LogP contribution >= 0.6 is 39.5 Å². The Labute approximate surface area is 119 Å². The number of nitrogens with two attached hydrogens (primary N) is 1. The second-order valence-electron chi connectivity index (χ2n) is 4.06. The number of aryl methyl sites for hydroxylation is 1. The lowest BCUT2D eigenvalue weighted by molar-refractivity contribution is 0.0741.